The predicted octanol–water partition coefficient (Wildman–Crippen LogP) is 5.03. The second-order valence-corrected chi connectivity index (χ2v) is 9.95. The van der Waals surface area contributed by atoms with Gasteiger partial charge in [-0.2, -0.15) is 0 Å². The zero-order valence-electron chi connectivity index (χ0n) is 20.9. The van der Waals surface area contributed by atoms with Crippen molar-refractivity contribution in [3.05, 3.63) is 65.2 Å². The van der Waals surface area contributed by atoms with Crippen molar-refractivity contribution in [2.45, 2.75) is 51.5 Å². The number of benzene rings is 2. The van der Waals surface area contributed by atoms with Crippen LogP contribution in [-0.2, 0) is 16.1 Å². The SMILES string of the molecule is Cc1ccc2c(c1)CN(C)CCC(c1ccccc1)CCCN(C(=O)C1CCOCC1)CCO2. The molecule has 5 nitrogen and oxygen atoms in total. The van der Waals surface area contributed by atoms with E-state index < -0.39 is 0 Å². The zero-order chi connectivity index (χ0) is 23.8. The fourth-order valence-electron chi connectivity index (χ4n) is 5.25. The van der Waals surface area contributed by atoms with Gasteiger partial charge in [0.2, 0.25) is 5.91 Å². The van der Waals surface area contributed by atoms with E-state index in [4.69, 9.17) is 9.47 Å². The maximum absolute atomic E-state index is 13.4. The molecule has 0 saturated carbocycles. The van der Waals surface area contributed by atoms with E-state index >= 15 is 0 Å². The minimum absolute atomic E-state index is 0.0844. The number of hydrogen-bond acceptors (Lipinski definition) is 4. The van der Waals surface area contributed by atoms with Gasteiger partial charge in [-0.05, 0) is 70.2 Å². The highest BCUT2D eigenvalue weighted by molar-refractivity contribution is 5.79. The third kappa shape index (κ3) is 6.83. The van der Waals surface area contributed by atoms with Crippen molar-refractivity contribution in [2.75, 3.05) is 46.5 Å². The number of amides is 1. The summed E-state index contributed by atoms with van der Waals surface area (Å²) in [6.45, 7) is 7.35. The zero-order valence-corrected chi connectivity index (χ0v) is 20.9. The number of ether oxygens (including phenoxy) is 2. The molecule has 0 radical (unpaired) electrons. The fourth-order valence-corrected chi connectivity index (χ4v) is 5.25. The van der Waals surface area contributed by atoms with Gasteiger partial charge in [-0.1, -0.05) is 48.0 Å². The van der Waals surface area contributed by atoms with Gasteiger partial charge in [0.25, 0.3) is 0 Å². The molecular weight excluding hydrogens is 424 g/mol. The van der Waals surface area contributed by atoms with Crippen LogP contribution in [0.5, 0.6) is 5.75 Å². The van der Waals surface area contributed by atoms with Crippen LogP contribution in [0.3, 0.4) is 0 Å². The van der Waals surface area contributed by atoms with E-state index in [1.165, 1.54) is 16.7 Å². The highest BCUT2D eigenvalue weighted by Gasteiger charge is 2.27. The third-order valence-corrected chi connectivity index (χ3v) is 7.27. The van der Waals surface area contributed by atoms with E-state index in [0.29, 0.717) is 32.3 Å². The smallest absolute Gasteiger partial charge is 0.225 e. The highest BCUT2D eigenvalue weighted by Crippen LogP contribution is 2.28. The molecule has 2 aromatic carbocycles. The van der Waals surface area contributed by atoms with Gasteiger partial charge in [0.1, 0.15) is 12.4 Å². The number of aryl methyl sites for hydroxylation is 1. The monoisotopic (exact) mass is 464 g/mol. The molecule has 0 aromatic heterocycles. The average Bonchev–Trinajstić information content (AvgIpc) is 2.86. The minimum atomic E-state index is 0.0844. The first-order valence-corrected chi connectivity index (χ1v) is 12.9. The van der Waals surface area contributed by atoms with Crippen LogP contribution in [0.2, 0.25) is 0 Å². The van der Waals surface area contributed by atoms with Crippen LogP contribution >= 0.6 is 0 Å². The van der Waals surface area contributed by atoms with Crippen molar-refractivity contribution in [3.8, 4) is 5.75 Å². The molecule has 184 valence electrons. The molecule has 2 aliphatic heterocycles. The summed E-state index contributed by atoms with van der Waals surface area (Å²) in [6.07, 6.45) is 4.87. The second-order valence-electron chi connectivity index (χ2n) is 9.95. The largest absolute Gasteiger partial charge is 0.491 e. The summed E-state index contributed by atoms with van der Waals surface area (Å²) in [6, 6.07) is 17.3. The van der Waals surface area contributed by atoms with Gasteiger partial charge >= 0.3 is 0 Å². The summed E-state index contributed by atoms with van der Waals surface area (Å²) >= 11 is 0. The lowest BCUT2D eigenvalue weighted by atomic mass is 9.90. The van der Waals surface area contributed by atoms with Crippen LogP contribution in [0, 0.1) is 12.8 Å². The number of rotatable bonds is 2. The van der Waals surface area contributed by atoms with E-state index in [1.807, 2.05) is 0 Å². The Morgan fingerprint density at radius 2 is 1.71 bits per heavy atom. The topological polar surface area (TPSA) is 42.0 Å². The Morgan fingerprint density at radius 3 is 2.50 bits per heavy atom. The van der Waals surface area contributed by atoms with Gasteiger partial charge in [-0.3, -0.25) is 4.79 Å². The molecule has 0 N–H and O–H groups in total. The fraction of sp³-hybridized carbons (Fsp3) is 0.552. The minimum Gasteiger partial charge on any atom is -0.491 e. The Kier molecular flexibility index (Phi) is 9.00. The van der Waals surface area contributed by atoms with Gasteiger partial charge in [-0.25, -0.2) is 0 Å². The average molecular weight is 465 g/mol. The Balaban J connectivity index is 1.53. The van der Waals surface area contributed by atoms with Gasteiger partial charge in [0.05, 0.1) is 6.54 Å². The molecule has 34 heavy (non-hydrogen) atoms. The maximum Gasteiger partial charge on any atom is 0.225 e. The van der Waals surface area contributed by atoms with E-state index in [9.17, 15) is 4.79 Å². The summed E-state index contributed by atoms with van der Waals surface area (Å²) in [5.41, 5.74) is 3.87. The van der Waals surface area contributed by atoms with E-state index in [-0.39, 0.29) is 11.8 Å². The van der Waals surface area contributed by atoms with Crippen LogP contribution in [0.1, 0.15) is 54.7 Å². The summed E-state index contributed by atoms with van der Waals surface area (Å²) in [4.78, 5) is 17.9. The van der Waals surface area contributed by atoms with Crippen LogP contribution in [0.25, 0.3) is 0 Å². The lowest BCUT2D eigenvalue weighted by molar-refractivity contribution is -0.139. The Hall–Kier alpha value is -2.37. The molecule has 1 fully saturated rings. The molecule has 1 amide bonds. The van der Waals surface area contributed by atoms with Gasteiger partial charge in [0.15, 0.2) is 0 Å². The van der Waals surface area contributed by atoms with E-state index in [1.54, 1.807) is 0 Å². The van der Waals surface area contributed by atoms with Crippen molar-refractivity contribution in [1.29, 1.82) is 0 Å². The second kappa shape index (κ2) is 12.4. The molecule has 1 atom stereocenters. The Morgan fingerprint density at radius 1 is 0.912 bits per heavy atom. The molecule has 5 heteroatoms. The summed E-state index contributed by atoms with van der Waals surface area (Å²) in [7, 11) is 2.20. The Labute approximate surface area is 205 Å². The quantitative estimate of drug-likeness (QED) is 0.625. The van der Waals surface area contributed by atoms with Gasteiger partial charge in [-0.15, -0.1) is 0 Å². The Bertz CT molecular complexity index is 911. The first kappa shape index (κ1) is 24.7. The van der Waals surface area contributed by atoms with Crippen LogP contribution < -0.4 is 4.74 Å². The number of carbonyl (C=O) groups is 1. The standard InChI is InChI=1S/C29H40N2O3/c1-23-10-11-28-27(21-23)22-30(2)16-12-25(24-7-4-3-5-8-24)9-6-15-31(17-20-34-28)29(32)26-13-18-33-19-14-26/h3-5,7-8,10-11,21,25-26H,6,9,12-20,22H2,1-2H3. The first-order valence-electron chi connectivity index (χ1n) is 12.9. The number of hydrogen-bond donors (Lipinski definition) is 0. The molecule has 2 aromatic rings. The predicted molar refractivity (Wildman–Crippen MR) is 136 cm³/mol. The van der Waals surface area contributed by atoms with Crippen molar-refractivity contribution < 1.29 is 14.3 Å². The molecule has 1 saturated heterocycles. The summed E-state index contributed by atoms with van der Waals surface area (Å²) in [5.74, 6) is 1.80. The van der Waals surface area contributed by atoms with Crippen LogP contribution in [0.15, 0.2) is 48.5 Å². The first-order chi connectivity index (χ1) is 16.6. The highest BCUT2D eigenvalue weighted by atomic mass is 16.5. The lowest BCUT2D eigenvalue weighted by Gasteiger charge is -2.31. The van der Waals surface area contributed by atoms with Gasteiger partial charge < -0.3 is 19.3 Å². The number of carbonyl (C=O) groups excluding carboxylic acids is 1. The normalized spacial score (nSPS) is 21.8. The number of fused-ring (bicyclic) bond motifs is 1. The van der Waals surface area contributed by atoms with Crippen LogP contribution in [0.4, 0.5) is 0 Å². The lowest BCUT2D eigenvalue weighted by Crippen LogP contribution is -2.41. The van der Waals surface area contributed by atoms with Crippen molar-refractivity contribution in [1.82, 2.24) is 9.80 Å². The van der Waals surface area contributed by atoms with Crippen molar-refractivity contribution in [2.24, 2.45) is 5.92 Å². The third-order valence-electron chi connectivity index (χ3n) is 7.27. The maximum atomic E-state index is 13.4. The van der Waals surface area contributed by atoms with Crippen molar-refractivity contribution in [3.63, 3.8) is 0 Å². The molecule has 0 bridgehead atoms. The van der Waals surface area contributed by atoms with E-state index in [0.717, 1.165) is 57.5 Å². The molecule has 0 spiro atoms. The molecule has 2 aliphatic rings. The molecular formula is C29H40N2O3. The molecule has 4 rings (SSSR count). The van der Waals surface area contributed by atoms with E-state index in [2.05, 4.69) is 72.3 Å². The number of nitrogens with zero attached hydrogens (tertiary/aromatic N) is 2. The molecule has 1 unspecified atom stereocenters. The van der Waals surface area contributed by atoms with Gasteiger partial charge in [0, 0.05) is 37.8 Å². The summed E-state index contributed by atoms with van der Waals surface area (Å²) in [5, 5.41) is 0. The molecule has 2 heterocycles. The van der Waals surface area contributed by atoms with Crippen molar-refractivity contribution >= 4 is 5.91 Å². The summed E-state index contributed by atoms with van der Waals surface area (Å²) < 4.78 is 11.7. The molecule has 0 aliphatic carbocycles. The van der Waals surface area contributed by atoms with Crippen LogP contribution in [-0.4, -0.2) is 62.2 Å².